The summed E-state index contributed by atoms with van der Waals surface area (Å²) in [7, 11) is -1.74. The van der Waals surface area contributed by atoms with Crippen LogP contribution in [0.4, 0.5) is 5.69 Å². The molecule has 3 rings (SSSR count). The number of hydrogen-bond donors (Lipinski definition) is 0. The lowest BCUT2D eigenvalue weighted by Crippen LogP contribution is -2.43. The molecule has 1 aromatic carbocycles. The average Bonchev–Trinajstić information content (AvgIpc) is 2.72. The molecule has 0 N–H and O–H groups in total. The van der Waals surface area contributed by atoms with Crippen LogP contribution in [0.5, 0.6) is 0 Å². The van der Waals surface area contributed by atoms with Crippen LogP contribution in [-0.4, -0.2) is 37.3 Å². The van der Waals surface area contributed by atoms with Gasteiger partial charge in [-0.2, -0.15) is 4.31 Å². The average molecular weight is 366 g/mol. The zero-order valence-corrected chi connectivity index (χ0v) is 15.3. The van der Waals surface area contributed by atoms with E-state index in [4.69, 9.17) is 11.6 Å². The van der Waals surface area contributed by atoms with E-state index in [0.29, 0.717) is 13.1 Å². The fraction of sp³-hybridized carbons (Fsp3) is 0.353. The lowest BCUT2D eigenvalue weighted by Gasteiger charge is -2.29. The van der Waals surface area contributed by atoms with Gasteiger partial charge in [-0.1, -0.05) is 36.7 Å². The summed E-state index contributed by atoms with van der Waals surface area (Å²) in [6, 6.07) is 10.9. The molecule has 1 atom stereocenters. The van der Waals surface area contributed by atoms with Gasteiger partial charge in [-0.3, -0.25) is 0 Å². The van der Waals surface area contributed by atoms with Crippen LogP contribution >= 0.6 is 11.6 Å². The van der Waals surface area contributed by atoms with Crippen LogP contribution in [0.15, 0.2) is 47.5 Å². The predicted octanol–water partition coefficient (Wildman–Crippen LogP) is 3.15. The van der Waals surface area contributed by atoms with Crippen molar-refractivity contribution in [1.29, 1.82) is 0 Å². The summed E-state index contributed by atoms with van der Waals surface area (Å²) in [6.45, 7) is 2.96. The highest BCUT2D eigenvalue weighted by Crippen LogP contribution is 2.32. The number of pyridine rings is 1. The van der Waals surface area contributed by atoms with Gasteiger partial charge in [-0.05, 0) is 30.2 Å². The van der Waals surface area contributed by atoms with Gasteiger partial charge < -0.3 is 4.90 Å². The number of anilines is 1. The lowest BCUT2D eigenvalue weighted by molar-refractivity contribution is 0.315. The van der Waals surface area contributed by atoms with Crippen molar-refractivity contribution in [3.8, 4) is 0 Å². The molecule has 0 amide bonds. The Hall–Kier alpha value is -1.63. The van der Waals surface area contributed by atoms with Crippen LogP contribution in [0, 0.1) is 0 Å². The molecule has 0 saturated carbocycles. The number of fused-ring (bicyclic) bond motifs is 1. The highest BCUT2D eigenvalue weighted by Gasteiger charge is 2.35. The molecule has 0 fully saturated rings. The third-order valence-corrected chi connectivity index (χ3v) is 6.75. The Morgan fingerprint density at radius 2 is 2.00 bits per heavy atom. The van der Waals surface area contributed by atoms with Crippen molar-refractivity contribution in [2.24, 2.45) is 0 Å². The van der Waals surface area contributed by atoms with Crippen molar-refractivity contribution in [2.45, 2.75) is 30.8 Å². The zero-order chi connectivity index (χ0) is 17.3. The molecule has 0 saturated heterocycles. The van der Waals surface area contributed by atoms with E-state index in [1.165, 1.54) is 12.3 Å². The van der Waals surface area contributed by atoms with Gasteiger partial charge in [-0.25, -0.2) is 13.4 Å². The van der Waals surface area contributed by atoms with Crippen molar-refractivity contribution in [3.05, 3.63) is 53.3 Å². The van der Waals surface area contributed by atoms with E-state index in [1.54, 1.807) is 10.4 Å². The van der Waals surface area contributed by atoms with E-state index in [1.807, 2.05) is 38.2 Å². The summed E-state index contributed by atoms with van der Waals surface area (Å²) < 4.78 is 28.0. The minimum Gasteiger partial charge on any atom is -0.373 e. The monoisotopic (exact) mass is 365 g/mol. The summed E-state index contributed by atoms with van der Waals surface area (Å²) in [5.41, 5.74) is 2.05. The maximum absolute atomic E-state index is 13.2. The van der Waals surface area contributed by atoms with Crippen molar-refractivity contribution in [2.75, 3.05) is 18.5 Å². The number of aromatic nitrogens is 1. The first kappa shape index (κ1) is 17.2. The quantitative estimate of drug-likeness (QED) is 0.784. The van der Waals surface area contributed by atoms with Gasteiger partial charge in [0, 0.05) is 38.1 Å². The maximum Gasteiger partial charge on any atom is 0.246 e. The molecule has 24 heavy (non-hydrogen) atoms. The topological polar surface area (TPSA) is 53.5 Å². The second-order valence-electron chi connectivity index (χ2n) is 5.91. The van der Waals surface area contributed by atoms with Crippen molar-refractivity contribution in [3.63, 3.8) is 0 Å². The van der Waals surface area contributed by atoms with Gasteiger partial charge in [0.1, 0.15) is 10.0 Å². The number of rotatable bonds is 3. The summed E-state index contributed by atoms with van der Waals surface area (Å²) >= 11 is 6.06. The lowest BCUT2D eigenvalue weighted by atomic mass is 10.1. The number of likely N-dealkylation sites (N-methyl/N-ethyl adjacent to an activating group) is 1. The van der Waals surface area contributed by atoms with Crippen LogP contribution in [0.2, 0.25) is 5.15 Å². The Morgan fingerprint density at radius 3 is 2.71 bits per heavy atom. The van der Waals surface area contributed by atoms with Gasteiger partial charge in [0.05, 0.1) is 0 Å². The second kappa shape index (κ2) is 6.70. The van der Waals surface area contributed by atoms with Crippen LogP contribution in [0.3, 0.4) is 0 Å². The van der Waals surface area contributed by atoms with Gasteiger partial charge in [0.15, 0.2) is 0 Å². The van der Waals surface area contributed by atoms with Crippen molar-refractivity contribution in [1.82, 2.24) is 9.29 Å². The zero-order valence-electron chi connectivity index (χ0n) is 13.7. The molecular formula is C17H20ClN3O2S. The summed E-state index contributed by atoms with van der Waals surface area (Å²) in [4.78, 5) is 6.10. The van der Waals surface area contributed by atoms with Crippen LogP contribution in [-0.2, 0) is 16.6 Å². The smallest absolute Gasteiger partial charge is 0.246 e. The van der Waals surface area contributed by atoms with Gasteiger partial charge in [0.2, 0.25) is 10.0 Å². The third-order valence-electron chi connectivity index (χ3n) is 4.40. The Balaban J connectivity index is 2.10. The molecule has 2 heterocycles. The first-order valence-corrected chi connectivity index (χ1v) is 9.68. The first-order valence-electron chi connectivity index (χ1n) is 7.86. The van der Waals surface area contributed by atoms with Gasteiger partial charge >= 0.3 is 0 Å². The normalized spacial score (nSPS) is 19.0. The van der Waals surface area contributed by atoms with Crippen molar-refractivity contribution >= 4 is 27.3 Å². The summed E-state index contributed by atoms with van der Waals surface area (Å²) in [5.74, 6) is 0. The maximum atomic E-state index is 13.2. The highest BCUT2D eigenvalue weighted by atomic mass is 35.5. The van der Waals surface area contributed by atoms with Gasteiger partial charge in [0.25, 0.3) is 0 Å². The minimum atomic E-state index is -3.73. The number of benzene rings is 1. The van der Waals surface area contributed by atoms with E-state index in [-0.39, 0.29) is 16.1 Å². The summed E-state index contributed by atoms with van der Waals surface area (Å²) in [5, 5.41) is 0.0123. The van der Waals surface area contributed by atoms with E-state index in [2.05, 4.69) is 9.88 Å². The molecular weight excluding hydrogens is 346 g/mol. The molecule has 1 aliphatic rings. The van der Waals surface area contributed by atoms with E-state index in [0.717, 1.165) is 17.7 Å². The Labute approximate surface area is 147 Å². The van der Waals surface area contributed by atoms with Crippen LogP contribution < -0.4 is 4.90 Å². The Morgan fingerprint density at radius 1 is 1.25 bits per heavy atom. The minimum absolute atomic E-state index is 0.0123. The van der Waals surface area contributed by atoms with E-state index in [9.17, 15) is 8.42 Å². The molecule has 0 radical (unpaired) electrons. The molecule has 0 spiro atoms. The van der Waals surface area contributed by atoms with E-state index >= 15 is 0 Å². The Kier molecular flexibility index (Phi) is 4.80. The predicted molar refractivity (Wildman–Crippen MR) is 95.8 cm³/mol. The molecule has 1 aliphatic heterocycles. The van der Waals surface area contributed by atoms with Gasteiger partial charge in [-0.15, -0.1) is 0 Å². The van der Waals surface area contributed by atoms with E-state index < -0.39 is 10.0 Å². The Bertz CT molecular complexity index is 841. The number of para-hydroxylation sites is 1. The summed E-state index contributed by atoms with van der Waals surface area (Å²) in [6.07, 6.45) is 2.21. The number of hydrogen-bond acceptors (Lipinski definition) is 4. The fourth-order valence-electron chi connectivity index (χ4n) is 3.12. The fourth-order valence-corrected chi connectivity index (χ4v) is 5.22. The molecule has 0 bridgehead atoms. The SMILES string of the molecule is CC[C@H]1CN(C)c2ccccc2CN1S(=O)(=O)c1cccnc1Cl. The molecule has 0 unspecified atom stereocenters. The van der Waals surface area contributed by atoms with Crippen molar-refractivity contribution < 1.29 is 8.42 Å². The highest BCUT2D eigenvalue weighted by molar-refractivity contribution is 7.89. The largest absolute Gasteiger partial charge is 0.373 e. The molecule has 0 aliphatic carbocycles. The number of halogens is 1. The van der Waals surface area contributed by atoms with Crippen LogP contribution in [0.25, 0.3) is 0 Å². The molecule has 7 heteroatoms. The molecule has 1 aromatic heterocycles. The number of nitrogens with zero attached hydrogens (tertiary/aromatic N) is 3. The third kappa shape index (κ3) is 3.01. The molecule has 5 nitrogen and oxygen atoms in total. The first-order chi connectivity index (χ1) is 11.4. The standard InChI is InChI=1S/C17H20ClN3O2S/c1-3-14-12-20(2)15-8-5-4-7-13(15)11-21(14)24(22,23)16-9-6-10-19-17(16)18/h4-10,14H,3,11-12H2,1-2H3/t14-/m0/s1. The second-order valence-corrected chi connectivity index (χ2v) is 8.13. The molecule has 2 aromatic rings. The number of sulfonamides is 1. The molecule has 128 valence electrons. The van der Waals surface area contributed by atoms with Crippen LogP contribution in [0.1, 0.15) is 18.9 Å².